The summed E-state index contributed by atoms with van der Waals surface area (Å²) < 4.78 is 10.4. The summed E-state index contributed by atoms with van der Waals surface area (Å²) in [6.45, 7) is 2.69. The highest BCUT2D eigenvalue weighted by Crippen LogP contribution is 2.16. The molecule has 0 atom stereocenters. The fourth-order valence-corrected chi connectivity index (χ4v) is 1.72. The summed E-state index contributed by atoms with van der Waals surface area (Å²) in [5.41, 5.74) is 0.903. The molecule has 0 aliphatic rings. The maximum atomic E-state index is 5.56. The molecule has 2 heterocycles. The average molecular weight is 271 g/mol. The first-order valence-electron chi connectivity index (χ1n) is 6.19. The van der Waals surface area contributed by atoms with Gasteiger partial charge in [0.15, 0.2) is 5.82 Å². The number of hydrogen-bond acceptors (Lipinski definition) is 7. The van der Waals surface area contributed by atoms with Crippen molar-refractivity contribution in [2.45, 2.75) is 20.0 Å². The van der Waals surface area contributed by atoms with Gasteiger partial charge in [-0.2, -0.15) is 4.98 Å². The van der Waals surface area contributed by atoms with Crippen LogP contribution in [0.3, 0.4) is 0 Å². The Labute approximate surface area is 115 Å². The molecular formula is C13H13N5O2. The van der Waals surface area contributed by atoms with Gasteiger partial charge in [-0.1, -0.05) is 23.4 Å². The van der Waals surface area contributed by atoms with E-state index in [4.69, 9.17) is 8.94 Å². The molecule has 3 rings (SSSR count). The zero-order valence-electron chi connectivity index (χ0n) is 10.9. The largest absolute Gasteiger partial charge is 0.419 e. The molecule has 0 amide bonds. The van der Waals surface area contributed by atoms with Gasteiger partial charge in [-0.25, -0.2) is 0 Å². The number of nitrogens with one attached hydrogen (secondary N) is 1. The minimum atomic E-state index is 0.452. The molecule has 3 aromatic rings. The molecule has 7 nitrogen and oxygen atoms in total. The second-order valence-corrected chi connectivity index (χ2v) is 4.20. The maximum absolute atomic E-state index is 5.56. The monoisotopic (exact) mass is 271 g/mol. The summed E-state index contributed by atoms with van der Waals surface area (Å²) in [5.74, 6) is 2.18. The first-order chi connectivity index (χ1) is 9.81. The van der Waals surface area contributed by atoms with Crippen LogP contribution >= 0.6 is 0 Å². The normalized spacial score (nSPS) is 10.8. The highest BCUT2D eigenvalue weighted by molar-refractivity contribution is 5.51. The Kier molecular flexibility index (Phi) is 3.51. The minimum Gasteiger partial charge on any atom is -0.419 e. The predicted octanol–water partition coefficient (Wildman–Crippen LogP) is 1.72. The smallest absolute Gasteiger partial charge is 0.247 e. The van der Waals surface area contributed by atoms with Crippen molar-refractivity contribution in [1.29, 1.82) is 0 Å². The van der Waals surface area contributed by atoms with Gasteiger partial charge in [0.1, 0.15) is 0 Å². The number of aromatic nitrogens is 4. The lowest BCUT2D eigenvalue weighted by Crippen LogP contribution is -2.13. The lowest BCUT2D eigenvalue weighted by Gasteiger charge is -1.96. The van der Waals surface area contributed by atoms with Gasteiger partial charge in [0.25, 0.3) is 0 Å². The maximum Gasteiger partial charge on any atom is 0.247 e. The number of aryl methyl sites for hydroxylation is 1. The molecule has 0 aliphatic heterocycles. The topological polar surface area (TPSA) is 89.9 Å². The van der Waals surface area contributed by atoms with E-state index in [0.717, 1.165) is 5.56 Å². The third-order valence-electron chi connectivity index (χ3n) is 2.62. The standard InChI is InChI=1S/C13H13N5O2/c1-9-15-11(18-20-9)7-14-8-12-16-17-13(19-12)10-5-3-2-4-6-10/h2-6,14H,7-8H2,1H3. The highest BCUT2D eigenvalue weighted by Gasteiger charge is 2.08. The van der Waals surface area contributed by atoms with Crippen molar-refractivity contribution in [3.63, 3.8) is 0 Å². The average Bonchev–Trinajstić information content (AvgIpc) is 3.09. The molecule has 0 unspecified atom stereocenters. The second kappa shape index (κ2) is 5.62. The van der Waals surface area contributed by atoms with E-state index in [2.05, 4.69) is 25.7 Å². The van der Waals surface area contributed by atoms with Crippen LogP contribution in [0.25, 0.3) is 11.5 Å². The van der Waals surface area contributed by atoms with E-state index in [1.165, 1.54) is 0 Å². The Morgan fingerprint density at radius 1 is 1.10 bits per heavy atom. The molecule has 0 fully saturated rings. The molecule has 1 N–H and O–H groups in total. The minimum absolute atomic E-state index is 0.452. The van der Waals surface area contributed by atoms with E-state index in [1.807, 2.05) is 30.3 Å². The van der Waals surface area contributed by atoms with Gasteiger partial charge in [-0.05, 0) is 12.1 Å². The van der Waals surface area contributed by atoms with E-state index in [9.17, 15) is 0 Å². The first-order valence-corrected chi connectivity index (χ1v) is 6.19. The number of hydrogen-bond donors (Lipinski definition) is 1. The molecule has 0 aliphatic carbocycles. The Hall–Kier alpha value is -2.54. The van der Waals surface area contributed by atoms with Crippen molar-refractivity contribution in [2.24, 2.45) is 0 Å². The molecule has 0 radical (unpaired) electrons. The predicted molar refractivity (Wildman–Crippen MR) is 69.3 cm³/mol. The van der Waals surface area contributed by atoms with E-state index in [1.54, 1.807) is 6.92 Å². The molecule has 102 valence electrons. The van der Waals surface area contributed by atoms with Crippen molar-refractivity contribution in [3.8, 4) is 11.5 Å². The number of nitrogens with zero attached hydrogens (tertiary/aromatic N) is 4. The number of rotatable bonds is 5. The van der Waals surface area contributed by atoms with Crippen molar-refractivity contribution in [3.05, 3.63) is 47.9 Å². The molecular weight excluding hydrogens is 258 g/mol. The third kappa shape index (κ3) is 2.89. The molecule has 0 saturated carbocycles. The lowest BCUT2D eigenvalue weighted by molar-refractivity contribution is 0.384. The van der Waals surface area contributed by atoms with Gasteiger partial charge in [-0.15, -0.1) is 10.2 Å². The third-order valence-corrected chi connectivity index (χ3v) is 2.62. The van der Waals surface area contributed by atoms with Crippen molar-refractivity contribution in [2.75, 3.05) is 0 Å². The molecule has 0 saturated heterocycles. The first kappa shape index (κ1) is 12.5. The van der Waals surface area contributed by atoms with Crippen LogP contribution in [-0.4, -0.2) is 20.3 Å². The summed E-state index contributed by atoms with van der Waals surface area (Å²) in [6, 6.07) is 9.64. The Morgan fingerprint density at radius 2 is 1.95 bits per heavy atom. The van der Waals surface area contributed by atoms with Gasteiger partial charge in [0.05, 0.1) is 13.1 Å². The highest BCUT2D eigenvalue weighted by atomic mass is 16.5. The Morgan fingerprint density at radius 3 is 2.70 bits per heavy atom. The molecule has 0 bridgehead atoms. The van der Waals surface area contributed by atoms with Crippen molar-refractivity contribution >= 4 is 0 Å². The van der Waals surface area contributed by atoms with Crippen LogP contribution in [0.5, 0.6) is 0 Å². The van der Waals surface area contributed by atoms with Crippen LogP contribution in [-0.2, 0) is 13.1 Å². The summed E-state index contributed by atoms with van der Waals surface area (Å²) in [5, 5.41) is 14.9. The van der Waals surface area contributed by atoms with Gasteiger partial charge in [0, 0.05) is 12.5 Å². The van der Waals surface area contributed by atoms with E-state index in [-0.39, 0.29) is 0 Å². The lowest BCUT2D eigenvalue weighted by atomic mass is 10.2. The van der Waals surface area contributed by atoms with Crippen LogP contribution in [0.15, 0.2) is 39.3 Å². The van der Waals surface area contributed by atoms with Gasteiger partial charge in [0.2, 0.25) is 17.7 Å². The zero-order chi connectivity index (χ0) is 13.8. The van der Waals surface area contributed by atoms with Crippen LogP contribution in [0.1, 0.15) is 17.6 Å². The molecule has 1 aromatic carbocycles. The van der Waals surface area contributed by atoms with Crippen molar-refractivity contribution in [1.82, 2.24) is 25.7 Å². The Bertz CT molecular complexity index is 677. The van der Waals surface area contributed by atoms with Crippen LogP contribution in [0.2, 0.25) is 0 Å². The Balaban J connectivity index is 1.58. The van der Waals surface area contributed by atoms with Crippen LogP contribution in [0, 0.1) is 6.92 Å². The van der Waals surface area contributed by atoms with Gasteiger partial charge < -0.3 is 14.3 Å². The quantitative estimate of drug-likeness (QED) is 0.755. The van der Waals surface area contributed by atoms with E-state index < -0.39 is 0 Å². The van der Waals surface area contributed by atoms with Gasteiger partial charge in [-0.3, -0.25) is 0 Å². The fourth-order valence-electron chi connectivity index (χ4n) is 1.72. The summed E-state index contributed by atoms with van der Waals surface area (Å²) in [6.07, 6.45) is 0. The van der Waals surface area contributed by atoms with E-state index >= 15 is 0 Å². The number of benzene rings is 1. The van der Waals surface area contributed by atoms with Gasteiger partial charge >= 0.3 is 0 Å². The van der Waals surface area contributed by atoms with Crippen LogP contribution in [0.4, 0.5) is 0 Å². The van der Waals surface area contributed by atoms with Crippen LogP contribution < -0.4 is 5.32 Å². The zero-order valence-corrected chi connectivity index (χ0v) is 10.9. The molecule has 20 heavy (non-hydrogen) atoms. The fraction of sp³-hybridized carbons (Fsp3) is 0.231. The SMILES string of the molecule is Cc1nc(CNCc2nnc(-c3ccccc3)o2)no1. The summed E-state index contributed by atoms with van der Waals surface area (Å²) in [4.78, 5) is 4.09. The second-order valence-electron chi connectivity index (χ2n) is 4.20. The summed E-state index contributed by atoms with van der Waals surface area (Å²) >= 11 is 0. The molecule has 7 heteroatoms. The molecule has 0 spiro atoms. The summed E-state index contributed by atoms with van der Waals surface area (Å²) in [7, 11) is 0. The molecule has 2 aromatic heterocycles. The van der Waals surface area contributed by atoms with E-state index in [0.29, 0.717) is 36.6 Å². The van der Waals surface area contributed by atoms with Crippen molar-refractivity contribution < 1.29 is 8.94 Å².